The van der Waals surface area contributed by atoms with Crippen molar-refractivity contribution in [3.63, 3.8) is 0 Å². The summed E-state index contributed by atoms with van der Waals surface area (Å²) in [6.45, 7) is 0.320. The molecule has 0 radical (unpaired) electrons. The van der Waals surface area contributed by atoms with E-state index in [1.54, 1.807) is 36.3 Å². The lowest BCUT2D eigenvalue weighted by molar-refractivity contribution is 0.234. The molecule has 2 N–H and O–H groups in total. The molecule has 0 bridgehead atoms. The largest absolute Gasteiger partial charge is 0.438 e. The minimum absolute atomic E-state index is 0.263. The molecule has 3 rings (SSSR count). The van der Waals surface area contributed by atoms with Gasteiger partial charge in [0, 0.05) is 17.3 Å². The molecule has 3 aromatic rings. The van der Waals surface area contributed by atoms with E-state index < -0.39 is 0 Å². The summed E-state index contributed by atoms with van der Waals surface area (Å²) in [5, 5.41) is 9.53. The van der Waals surface area contributed by atoms with E-state index in [9.17, 15) is 5.21 Å². The number of benzene rings is 1. The quantitative estimate of drug-likeness (QED) is 0.298. The van der Waals surface area contributed by atoms with Crippen LogP contribution in [0.2, 0.25) is 0 Å². The maximum absolute atomic E-state index is 9.53. The van der Waals surface area contributed by atoms with Crippen LogP contribution >= 0.6 is 11.8 Å². The standard InChI is InChI=1S/C19H18N4O2S/c1-26-16-9-7-15(8-10-16)25-19-17(6-4-12-21-19)18(23-24)22-13-14-5-2-3-11-20-14/h2-12,24H,13H2,1H3,(H,22,23). The summed E-state index contributed by atoms with van der Waals surface area (Å²) in [6.07, 6.45) is 5.35. The lowest BCUT2D eigenvalue weighted by Gasteiger charge is -2.11. The summed E-state index contributed by atoms with van der Waals surface area (Å²) in [7, 11) is 0. The van der Waals surface area contributed by atoms with Gasteiger partial charge < -0.3 is 4.74 Å². The molecule has 0 amide bonds. The minimum Gasteiger partial charge on any atom is -0.438 e. The first-order valence-electron chi connectivity index (χ1n) is 7.92. The molecule has 2 aromatic heterocycles. The van der Waals surface area contributed by atoms with Crippen molar-refractivity contribution >= 4 is 17.6 Å². The Hall–Kier alpha value is -2.90. The van der Waals surface area contributed by atoms with Crippen LogP contribution in [0.3, 0.4) is 0 Å². The second-order valence-electron chi connectivity index (χ2n) is 5.23. The molecule has 0 aliphatic rings. The maximum atomic E-state index is 9.53. The van der Waals surface area contributed by atoms with Gasteiger partial charge in [0.15, 0.2) is 5.84 Å². The lowest BCUT2D eigenvalue weighted by atomic mass is 10.2. The molecule has 0 unspecified atom stereocenters. The average molecular weight is 366 g/mol. The topological polar surface area (TPSA) is 79.6 Å². The highest BCUT2D eigenvalue weighted by Crippen LogP contribution is 2.25. The third-order valence-corrected chi connectivity index (χ3v) is 4.28. The Balaban J connectivity index is 1.84. The normalized spacial score (nSPS) is 11.2. The molecule has 6 nitrogen and oxygen atoms in total. The highest BCUT2D eigenvalue weighted by atomic mass is 32.2. The molecule has 132 valence electrons. The number of thioether (sulfide) groups is 1. The van der Waals surface area contributed by atoms with Crippen molar-refractivity contribution in [2.24, 2.45) is 4.99 Å². The second-order valence-corrected chi connectivity index (χ2v) is 6.11. The molecular weight excluding hydrogens is 348 g/mol. The molecule has 1 aromatic carbocycles. The Morgan fingerprint density at radius 2 is 1.88 bits per heavy atom. The molecule has 0 atom stereocenters. The number of nitrogens with zero attached hydrogens (tertiary/aromatic N) is 3. The predicted octanol–water partition coefficient (Wildman–Crippen LogP) is 3.92. The Morgan fingerprint density at radius 3 is 2.58 bits per heavy atom. The number of ether oxygens (including phenoxy) is 1. The van der Waals surface area contributed by atoms with Gasteiger partial charge in [-0.25, -0.2) is 4.98 Å². The Kier molecular flexibility index (Phi) is 6.19. The van der Waals surface area contributed by atoms with Gasteiger partial charge in [-0.05, 0) is 54.8 Å². The molecule has 0 aliphatic heterocycles. The predicted molar refractivity (Wildman–Crippen MR) is 102 cm³/mol. The highest BCUT2D eigenvalue weighted by Gasteiger charge is 2.12. The molecule has 0 spiro atoms. The van der Waals surface area contributed by atoms with Gasteiger partial charge >= 0.3 is 0 Å². The van der Waals surface area contributed by atoms with E-state index in [2.05, 4.69) is 20.4 Å². The SMILES string of the molecule is CSc1ccc(Oc2ncccc2C(=NCc2ccccn2)NO)cc1. The van der Waals surface area contributed by atoms with Gasteiger partial charge in [-0.15, -0.1) is 11.8 Å². The fraction of sp³-hybridized carbons (Fsp3) is 0.105. The van der Waals surface area contributed by atoms with Crippen LogP contribution in [-0.2, 0) is 6.54 Å². The number of hydroxylamine groups is 1. The Bertz CT molecular complexity index is 870. The van der Waals surface area contributed by atoms with Crippen LogP contribution in [0, 0.1) is 0 Å². The van der Waals surface area contributed by atoms with Crippen LogP contribution in [0.5, 0.6) is 11.6 Å². The molecule has 2 heterocycles. The molecule has 26 heavy (non-hydrogen) atoms. The van der Waals surface area contributed by atoms with Crippen molar-refractivity contribution in [2.75, 3.05) is 6.26 Å². The molecular formula is C19H18N4O2S. The smallest absolute Gasteiger partial charge is 0.230 e. The first-order chi connectivity index (χ1) is 12.8. The van der Waals surface area contributed by atoms with Gasteiger partial charge in [-0.1, -0.05) is 6.07 Å². The Labute approximate surface area is 156 Å². The van der Waals surface area contributed by atoms with Gasteiger partial charge in [0.25, 0.3) is 0 Å². The third-order valence-electron chi connectivity index (χ3n) is 3.53. The first-order valence-corrected chi connectivity index (χ1v) is 9.14. The molecule has 0 fully saturated rings. The number of aromatic nitrogens is 2. The summed E-state index contributed by atoms with van der Waals surface area (Å²) in [6, 6.07) is 16.8. The molecule has 0 aliphatic carbocycles. The van der Waals surface area contributed by atoms with Crippen LogP contribution in [0.15, 0.2) is 76.9 Å². The van der Waals surface area contributed by atoms with Crippen molar-refractivity contribution in [3.8, 4) is 11.6 Å². The van der Waals surface area contributed by atoms with E-state index in [4.69, 9.17) is 4.74 Å². The van der Waals surface area contributed by atoms with Gasteiger partial charge in [-0.3, -0.25) is 20.7 Å². The van der Waals surface area contributed by atoms with Crippen molar-refractivity contribution < 1.29 is 9.94 Å². The van der Waals surface area contributed by atoms with Crippen molar-refractivity contribution in [1.29, 1.82) is 0 Å². The van der Waals surface area contributed by atoms with E-state index >= 15 is 0 Å². The highest BCUT2D eigenvalue weighted by molar-refractivity contribution is 7.98. The summed E-state index contributed by atoms with van der Waals surface area (Å²) >= 11 is 1.66. The number of rotatable bonds is 6. The average Bonchev–Trinajstić information content (AvgIpc) is 2.71. The summed E-state index contributed by atoms with van der Waals surface area (Å²) in [4.78, 5) is 14.0. The number of amidine groups is 1. The zero-order valence-electron chi connectivity index (χ0n) is 14.2. The van der Waals surface area contributed by atoms with Crippen LogP contribution in [0.1, 0.15) is 11.3 Å². The minimum atomic E-state index is 0.263. The molecule has 0 saturated carbocycles. The van der Waals surface area contributed by atoms with E-state index in [1.165, 1.54) is 0 Å². The fourth-order valence-electron chi connectivity index (χ4n) is 2.24. The molecule has 7 heteroatoms. The summed E-state index contributed by atoms with van der Waals surface area (Å²) in [5.41, 5.74) is 3.48. The summed E-state index contributed by atoms with van der Waals surface area (Å²) in [5.74, 6) is 1.27. The van der Waals surface area contributed by atoms with E-state index in [-0.39, 0.29) is 5.84 Å². The Morgan fingerprint density at radius 1 is 1.08 bits per heavy atom. The van der Waals surface area contributed by atoms with Crippen LogP contribution < -0.4 is 10.2 Å². The number of nitrogens with one attached hydrogen (secondary N) is 1. The van der Waals surface area contributed by atoms with Crippen LogP contribution in [0.4, 0.5) is 0 Å². The second kappa shape index (κ2) is 8.98. The van der Waals surface area contributed by atoms with Crippen molar-refractivity contribution in [1.82, 2.24) is 15.4 Å². The van der Waals surface area contributed by atoms with E-state index in [0.29, 0.717) is 23.7 Å². The van der Waals surface area contributed by atoms with E-state index in [0.717, 1.165) is 10.6 Å². The lowest BCUT2D eigenvalue weighted by Crippen LogP contribution is -2.21. The summed E-state index contributed by atoms with van der Waals surface area (Å²) < 4.78 is 5.88. The number of aliphatic imine (C=N–C) groups is 1. The van der Waals surface area contributed by atoms with Gasteiger partial charge in [-0.2, -0.15) is 0 Å². The van der Waals surface area contributed by atoms with E-state index in [1.807, 2.05) is 48.7 Å². The monoisotopic (exact) mass is 366 g/mol. The molecule has 0 saturated heterocycles. The fourth-order valence-corrected chi connectivity index (χ4v) is 2.65. The number of hydrogen-bond donors (Lipinski definition) is 2. The van der Waals surface area contributed by atoms with Crippen molar-refractivity contribution in [2.45, 2.75) is 11.4 Å². The van der Waals surface area contributed by atoms with Gasteiger partial charge in [0.1, 0.15) is 5.75 Å². The zero-order chi connectivity index (χ0) is 18.2. The van der Waals surface area contributed by atoms with Gasteiger partial charge in [0.05, 0.1) is 17.8 Å². The first kappa shape index (κ1) is 17.9. The number of pyridine rings is 2. The van der Waals surface area contributed by atoms with Gasteiger partial charge in [0.2, 0.25) is 5.88 Å². The van der Waals surface area contributed by atoms with Crippen LogP contribution in [-0.4, -0.2) is 27.3 Å². The third kappa shape index (κ3) is 4.59. The zero-order valence-corrected chi connectivity index (χ0v) is 15.0. The number of hydrogen-bond acceptors (Lipinski definition) is 6. The van der Waals surface area contributed by atoms with Crippen molar-refractivity contribution in [3.05, 3.63) is 78.2 Å². The maximum Gasteiger partial charge on any atom is 0.230 e. The van der Waals surface area contributed by atoms with Crippen LogP contribution in [0.25, 0.3) is 0 Å².